The molecule has 0 saturated carbocycles. The Balaban J connectivity index is 2.22. The number of ketones is 1. The molecule has 3 nitrogen and oxygen atoms in total. The average Bonchev–Trinajstić information content (AvgIpc) is 2.87. The first-order valence-electron chi connectivity index (χ1n) is 3.56. The van der Waals surface area contributed by atoms with Crippen molar-refractivity contribution in [3.8, 4) is 0 Å². The van der Waals surface area contributed by atoms with Crippen LogP contribution in [0, 0.1) is 0 Å². The van der Waals surface area contributed by atoms with Crippen LogP contribution in [-0.2, 0) is 0 Å². The highest BCUT2D eigenvalue weighted by Crippen LogP contribution is 2.05. The molecule has 0 aliphatic carbocycles. The maximum absolute atomic E-state index is 11.3. The van der Waals surface area contributed by atoms with Crippen LogP contribution in [-0.4, -0.2) is 23.4 Å². The van der Waals surface area contributed by atoms with Gasteiger partial charge in [0.25, 0.3) is 0 Å². The van der Waals surface area contributed by atoms with E-state index in [1.54, 1.807) is 18.3 Å². The molecule has 1 aliphatic heterocycles. The normalized spacial score (nSPS) is 21.3. The van der Waals surface area contributed by atoms with Crippen LogP contribution in [0.4, 0.5) is 0 Å². The average molecular weight is 148 g/mol. The zero-order chi connectivity index (χ0) is 7.68. The predicted octanol–water partition coefficient (Wildman–Crippen LogP) is 0.236. The van der Waals surface area contributed by atoms with Crippen molar-refractivity contribution in [2.45, 2.75) is 6.04 Å². The van der Waals surface area contributed by atoms with Gasteiger partial charge in [0, 0.05) is 12.7 Å². The summed E-state index contributed by atoms with van der Waals surface area (Å²) in [6, 6.07) is 5.40. The summed E-state index contributed by atoms with van der Waals surface area (Å²) in [5.74, 6) is 0.102. The molecule has 0 radical (unpaired) electrons. The number of carbonyl (C=O) groups excluding carboxylic acids is 1. The molecule has 2 rings (SSSR count). The Hall–Kier alpha value is -1.22. The lowest BCUT2D eigenvalue weighted by molar-refractivity contribution is 0.0986. The van der Waals surface area contributed by atoms with Crippen molar-refractivity contribution in [3.05, 3.63) is 30.1 Å². The molecule has 0 aromatic carbocycles. The quantitative estimate of drug-likeness (QED) is 0.482. The van der Waals surface area contributed by atoms with Crippen LogP contribution >= 0.6 is 0 Å². The van der Waals surface area contributed by atoms with E-state index in [2.05, 4.69) is 10.3 Å². The van der Waals surface area contributed by atoms with Gasteiger partial charge in [0.1, 0.15) is 5.69 Å². The summed E-state index contributed by atoms with van der Waals surface area (Å²) in [7, 11) is 0. The number of hydrogen-bond donors (Lipinski definition) is 1. The van der Waals surface area contributed by atoms with Crippen molar-refractivity contribution in [3.63, 3.8) is 0 Å². The van der Waals surface area contributed by atoms with Crippen molar-refractivity contribution in [2.24, 2.45) is 0 Å². The third-order valence-electron chi connectivity index (χ3n) is 1.64. The van der Waals surface area contributed by atoms with E-state index in [9.17, 15) is 4.79 Å². The monoisotopic (exact) mass is 148 g/mol. The number of nitrogens with one attached hydrogen (secondary N) is 1. The van der Waals surface area contributed by atoms with Gasteiger partial charge in [0.2, 0.25) is 0 Å². The second-order valence-corrected chi connectivity index (χ2v) is 2.54. The molecule has 1 fully saturated rings. The fraction of sp³-hybridized carbons (Fsp3) is 0.250. The van der Waals surface area contributed by atoms with Crippen LogP contribution in [0.5, 0.6) is 0 Å². The van der Waals surface area contributed by atoms with E-state index in [1.807, 2.05) is 6.07 Å². The largest absolute Gasteiger partial charge is 0.304 e. The molecule has 0 amide bonds. The van der Waals surface area contributed by atoms with Gasteiger partial charge in [-0.2, -0.15) is 0 Å². The van der Waals surface area contributed by atoms with Gasteiger partial charge in [-0.25, -0.2) is 0 Å². The Labute approximate surface area is 64.5 Å². The summed E-state index contributed by atoms with van der Waals surface area (Å²) < 4.78 is 0. The first-order valence-corrected chi connectivity index (χ1v) is 3.56. The van der Waals surface area contributed by atoms with Gasteiger partial charge in [-0.1, -0.05) is 6.07 Å². The Bertz CT molecular complexity index is 267. The first kappa shape index (κ1) is 6.49. The Kier molecular flexibility index (Phi) is 1.43. The third-order valence-corrected chi connectivity index (χ3v) is 1.64. The maximum atomic E-state index is 11.3. The molecule has 1 aromatic rings. The van der Waals surface area contributed by atoms with Gasteiger partial charge in [-0.05, 0) is 12.1 Å². The topological polar surface area (TPSA) is 51.9 Å². The number of aromatic nitrogens is 1. The van der Waals surface area contributed by atoms with Crippen molar-refractivity contribution < 1.29 is 4.79 Å². The van der Waals surface area contributed by atoms with Gasteiger partial charge in [-0.3, -0.25) is 9.78 Å². The second-order valence-electron chi connectivity index (χ2n) is 2.54. The van der Waals surface area contributed by atoms with Crippen molar-refractivity contribution in [2.75, 3.05) is 6.54 Å². The summed E-state index contributed by atoms with van der Waals surface area (Å²) in [6.45, 7) is 0.801. The molecule has 0 bridgehead atoms. The summed E-state index contributed by atoms with van der Waals surface area (Å²) in [5, 5.41) is 2.94. The molecule has 3 heteroatoms. The zero-order valence-electron chi connectivity index (χ0n) is 5.95. The summed E-state index contributed by atoms with van der Waals surface area (Å²) in [4.78, 5) is 15.2. The Morgan fingerprint density at radius 2 is 2.45 bits per heavy atom. The lowest BCUT2D eigenvalue weighted by Gasteiger charge is -1.93. The number of nitrogens with zero attached hydrogens (tertiary/aromatic N) is 1. The molecule has 56 valence electrons. The molecule has 1 aromatic heterocycles. The highest BCUT2D eigenvalue weighted by atomic mass is 16.1. The van der Waals surface area contributed by atoms with E-state index in [0.29, 0.717) is 5.69 Å². The molecule has 1 N–H and O–H groups in total. The minimum Gasteiger partial charge on any atom is -0.304 e. The van der Waals surface area contributed by atoms with Crippen LogP contribution in [0.15, 0.2) is 24.4 Å². The molecule has 1 atom stereocenters. The number of rotatable bonds is 2. The van der Waals surface area contributed by atoms with Crippen LogP contribution < -0.4 is 5.32 Å². The number of hydrogen-bond acceptors (Lipinski definition) is 3. The number of carbonyl (C=O) groups is 1. The minimum atomic E-state index is 0.0323. The van der Waals surface area contributed by atoms with E-state index in [4.69, 9.17) is 0 Å². The fourth-order valence-electron chi connectivity index (χ4n) is 0.931. The number of Topliss-reactive ketones (excluding diaryl/α,β-unsaturated/α-hetero) is 1. The molecule has 1 saturated heterocycles. The van der Waals surface area contributed by atoms with E-state index in [1.165, 1.54) is 0 Å². The first-order chi connectivity index (χ1) is 5.38. The number of pyridine rings is 1. The molecule has 1 aliphatic rings. The summed E-state index contributed by atoms with van der Waals surface area (Å²) in [5.41, 5.74) is 0.558. The predicted molar refractivity (Wildman–Crippen MR) is 40.4 cm³/mol. The lowest BCUT2D eigenvalue weighted by Crippen LogP contribution is -2.11. The van der Waals surface area contributed by atoms with Crippen molar-refractivity contribution in [1.82, 2.24) is 10.3 Å². The van der Waals surface area contributed by atoms with Gasteiger partial charge in [-0.15, -0.1) is 0 Å². The van der Waals surface area contributed by atoms with E-state index < -0.39 is 0 Å². The molecule has 0 spiro atoms. The van der Waals surface area contributed by atoms with Crippen LogP contribution in [0.25, 0.3) is 0 Å². The molecular formula is C8H8N2O. The lowest BCUT2D eigenvalue weighted by atomic mass is 10.2. The molecule has 11 heavy (non-hydrogen) atoms. The summed E-state index contributed by atoms with van der Waals surface area (Å²) in [6.07, 6.45) is 1.63. The van der Waals surface area contributed by atoms with Crippen LogP contribution in [0.2, 0.25) is 0 Å². The van der Waals surface area contributed by atoms with E-state index in [0.717, 1.165) is 6.54 Å². The van der Waals surface area contributed by atoms with E-state index >= 15 is 0 Å². The maximum Gasteiger partial charge on any atom is 0.199 e. The summed E-state index contributed by atoms with van der Waals surface area (Å²) >= 11 is 0. The molecular weight excluding hydrogens is 140 g/mol. The zero-order valence-corrected chi connectivity index (χ0v) is 5.95. The fourth-order valence-corrected chi connectivity index (χ4v) is 0.931. The van der Waals surface area contributed by atoms with Crippen LogP contribution in [0.3, 0.4) is 0 Å². The van der Waals surface area contributed by atoms with E-state index in [-0.39, 0.29) is 11.8 Å². The Morgan fingerprint density at radius 3 is 3.00 bits per heavy atom. The Morgan fingerprint density at radius 1 is 1.64 bits per heavy atom. The minimum absolute atomic E-state index is 0.0323. The highest BCUT2D eigenvalue weighted by Gasteiger charge is 2.29. The van der Waals surface area contributed by atoms with Gasteiger partial charge >= 0.3 is 0 Å². The van der Waals surface area contributed by atoms with Crippen molar-refractivity contribution in [1.29, 1.82) is 0 Å². The van der Waals surface area contributed by atoms with Crippen molar-refractivity contribution >= 4 is 5.78 Å². The van der Waals surface area contributed by atoms with Crippen LogP contribution in [0.1, 0.15) is 10.5 Å². The molecule has 2 heterocycles. The van der Waals surface area contributed by atoms with Gasteiger partial charge in [0.05, 0.1) is 6.04 Å². The molecule has 1 unspecified atom stereocenters. The second kappa shape index (κ2) is 2.43. The smallest absolute Gasteiger partial charge is 0.199 e. The standard InChI is InChI=1S/C8H8N2O/c11-8(7-5-10-7)6-3-1-2-4-9-6/h1-4,7,10H,5H2. The highest BCUT2D eigenvalue weighted by molar-refractivity contribution is 6.00. The van der Waals surface area contributed by atoms with Gasteiger partial charge < -0.3 is 5.32 Å². The third kappa shape index (κ3) is 1.28. The SMILES string of the molecule is O=C(c1ccccn1)C1CN1. The van der Waals surface area contributed by atoms with Gasteiger partial charge in [0.15, 0.2) is 5.78 Å².